The summed E-state index contributed by atoms with van der Waals surface area (Å²) in [5.41, 5.74) is 1.96. The van der Waals surface area contributed by atoms with E-state index in [1.807, 2.05) is 18.2 Å². The number of nitrogens with zero attached hydrogens (tertiary/aromatic N) is 3. The Morgan fingerprint density at radius 1 is 1.21 bits per heavy atom. The number of para-hydroxylation sites is 1. The van der Waals surface area contributed by atoms with Crippen molar-refractivity contribution in [2.24, 2.45) is 0 Å². The van der Waals surface area contributed by atoms with E-state index in [1.54, 1.807) is 25.1 Å². The minimum Gasteiger partial charge on any atom is -0.460 e. The summed E-state index contributed by atoms with van der Waals surface area (Å²) in [4.78, 5) is 12.3. The standard InChI is InChI=1S/C20H17FN4O3S/c1-2-27-19(26)17-15(14-5-3-4-6-16(14)28-17)11-29-20-24-23-18(25(20)22)12-7-9-13(21)10-8-12/h3-10H,2,11,22H2,1H3. The Balaban J connectivity index is 1.63. The molecule has 2 N–H and O–H groups in total. The van der Waals surface area contributed by atoms with Gasteiger partial charge in [-0.15, -0.1) is 10.2 Å². The molecule has 0 aliphatic heterocycles. The van der Waals surface area contributed by atoms with Crippen molar-refractivity contribution in [1.82, 2.24) is 14.9 Å². The first-order chi connectivity index (χ1) is 14.1. The highest BCUT2D eigenvalue weighted by Crippen LogP contribution is 2.32. The quantitative estimate of drug-likeness (QED) is 0.290. The number of thioether (sulfide) groups is 1. The van der Waals surface area contributed by atoms with Crippen LogP contribution < -0.4 is 5.84 Å². The third kappa shape index (κ3) is 3.68. The van der Waals surface area contributed by atoms with Gasteiger partial charge in [-0.3, -0.25) is 0 Å². The molecule has 148 valence electrons. The van der Waals surface area contributed by atoms with Gasteiger partial charge in [-0.1, -0.05) is 30.0 Å². The molecule has 0 spiro atoms. The monoisotopic (exact) mass is 412 g/mol. The Hall–Kier alpha value is -3.33. The maximum atomic E-state index is 13.1. The zero-order chi connectivity index (χ0) is 20.4. The van der Waals surface area contributed by atoms with E-state index in [2.05, 4.69) is 10.2 Å². The molecule has 0 aliphatic rings. The lowest BCUT2D eigenvalue weighted by Gasteiger charge is -2.05. The second kappa shape index (κ2) is 7.96. The van der Waals surface area contributed by atoms with Crippen LogP contribution in [0.1, 0.15) is 23.0 Å². The summed E-state index contributed by atoms with van der Waals surface area (Å²) < 4.78 is 25.3. The average molecular weight is 412 g/mol. The Morgan fingerprint density at radius 3 is 2.72 bits per heavy atom. The molecule has 0 unspecified atom stereocenters. The SMILES string of the molecule is CCOC(=O)c1oc2ccccc2c1CSc1nnc(-c2ccc(F)cc2)n1N. The fourth-order valence-electron chi connectivity index (χ4n) is 2.91. The molecule has 9 heteroatoms. The molecule has 4 aromatic rings. The Bertz CT molecular complexity index is 1170. The summed E-state index contributed by atoms with van der Waals surface area (Å²) >= 11 is 1.31. The van der Waals surface area contributed by atoms with E-state index in [-0.39, 0.29) is 18.2 Å². The number of hydrogen-bond donors (Lipinski definition) is 1. The first-order valence-corrected chi connectivity index (χ1v) is 9.83. The largest absolute Gasteiger partial charge is 0.460 e. The van der Waals surface area contributed by atoms with Gasteiger partial charge in [0.2, 0.25) is 10.9 Å². The molecule has 2 heterocycles. The number of nitrogen functional groups attached to an aromatic ring is 1. The van der Waals surface area contributed by atoms with E-state index in [0.717, 1.165) is 5.39 Å². The van der Waals surface area contributed by atoms with Gasteiger partial charge in [0.1, 0.15) is 11.4 Å². The number of benzene rings is 2. The molecule has 2 aromatic carbocycles. The van der Waals surface area contributed by atoms with Crippen LogP contribution in [0, 0.1) is 5.82 Å². The first kappa shape index (κ1) is 19.0. The molecule has 0 aliphatic carbocycles. The highest BCUT2D eigenvalue weighted by atomic mass is 32.2. The van der Waals surface area contributed by atoms with Gasteiger partial charge in [-0.25, -0.2) is 13.9 Å². The van der Waals surface area contributed by atoms with Crippen molar-refractivity contribution in [3.63, 3.8) is 0 Å². The number of rotatable bonds is 6. The third-order valence-corrected chi connectivity index (χ3v) is 5.24. The molecule has 0 saturated heterocycles. The molecule has 0 radical (unpaired) electrons. The topological polar surface area (TPSA) is 96.2 Å². The normalized spacial score (nSPS) is 11.1. The maximum Gasteiger partial charge on any atom is 0.374 e. The molecule has 0 amide bonds. The molecule has 0 atom stereocenters. The number of carbonyl (C=O) groups excluding carboxylic acids is 1. The molecule has 29 heavy (non-hydrogen) atoms. The van der Waals surface area contributed by atoms with Crippen LogP contribution >= 0.6 is 11.8 Å². The van der Waals surface area contributed by atoms with Gasteiger partial charge in [0, 0.05) is 22.3 Å². The van der Waals surface area contributed by atoms with Crippen molar-refractivity contribution in [2.45, 2.75) is 17.8 Å². The van der Waals surface area contributed by atoms with Crippen LogP contribution in [0.4, 0.5) is 4.39 Å². The van der Waals surface area contributed by atoms with Crippen molar-refractivity contribution in [1.29, 1.82) is 0 Å². The second-order valence-corrected chi connectivity index (χ2v) is 7.04. The molecular formula is C20H17FN4O3S. The molecule has 4 rings (SSSR count). The molecule has 0 saturated carbocycles. The van der Waals surface area contributed by atoms with Gasteiger partial charge >= 0.3 is 5.97 Å². The summed E-state index contributed by atoms with van der Waals surface area (Å²) in [5, 5.41) is 9.48. The van der Waals surface area contributed by atoms with Crippen molar-refractivity contribution >= 4 is 28.7 Å². The molecule has 0 fully saturated rings. The highest BCUT2D eigenvalue weighted by Gasteiger charge is 2.22. The summed E-state index contributed by atoms with van der Waals surface area (Å²) in [6.07, 6.45) is 0. The molecule has 0 bridgehead atoms. The molecular weight excluding hydrogens is 395 g/mol. The number of halogens is 1. The predicted octanol–water partition coefficient (Wildman–Crippen LogP) is 4.01. The number of fused-ring (bicyclic) bond motifs is 1. The molecule has 2 aromatic heterocycles. The average Bonchev–Trinajstić information content (AvgIpc) is 3.28. The van der Waals surface area contributed by atoms with Gasteiger partial charge in [0.05, 0.1) is 6.61 Å². The maximum absolute atomic E-state index is 13.1. The van der Waals surface area contributed by atoms with Gasteiger partial charge in [0.15, 0.2) is 5.82 Å². The Morgan fingerprint density at radius 2 is 1.97 bits per heavy atom. The van der Waals surface area contributed by atoms with Crippen LogP contribution in [0.3, 0.4) is 0 Å². The van der Waals surface area contributed by atoms with E-state index >= 15 is 0 Å². The fraction of sp³-hybridized carbons (Fsp3) is 0.150. The Kier molecular flexibility index (Phi) is 5.22. The van der Waals surface area contributed by atoms with Gasteiger partial charge < -0.3 is 15.0 Å². The smallest absolute Gasteiger partial charge is 0.374 e. The predicted molar refractivity (Wildman–Crippen MR) is 107 cm³/mol. The zero-order valence-corrected chi connectivity index (χ0v) is 16.3. The van der Waals surface area contributed by atoms with E-state index in [9.17, 15) is 9.18 Å². The summed E-state index contributed by atoms with van der Waals surface area (Å²) in [5.74, 6) is 6.24. The van der Waals surface area contributed by atoms with Crippen molar-refractivity contribution < 1.29 is 18.3 Å². The second-order valence-electron chi connectivity index (χ2n) is 6.10. The lowest BCUT2D eigenvalue weighted by atomic mass is 10.1. The van der Waals surface area contributed by atoms with Gasteiger partial charge in [-0.05, 0) is 37.3 Å². The van der Waals surface area contributed by atoms with Crippen LogP contribution in [-0.4, -0.2) is 27.4 Å². The number of nitrogens with two attached hydrogens (primary N) is 1. The number of furan rings is 1. The number of hydrogen-bond acceptors (Lipinski definition) is 7. The first-order valence-electron chi connectivity index (χ1n) is 8.85. The van der Waals surface area contributed by atoms with Crippen LogP contribution in [0.5, 0.6) is 0 Å². The summed E-state index contributed by atoms with van der Waals surface area (Å²) in [7, 11) is 0. The number of carbonyl (C=O) groups is 1. The van der Waals surface area contributed by atoms with Gasteiger partial charge in [0.25, 0.3) is 0 Å². The highest BCUT2D eigenvalue weighted by molar-refractivity contribution is 7.98. The zero-order valence-electron chi connectivity index (χ0n) is 15.5. The minimum absolute atomic E-state index is 0.169. The van der Waals surface area contributed by atoms with Gasteiger partial charge in [-0.2, -0.15) is 0 Å². The summed E-state index contributed by atoms with van der Waals surface area (Å²) in [6, 6.07) is 13.2. The van der Waals surface area contributed by atoms with Crippen molar-refractivity contribution in [3.8, 4) is 11.4 Å². The van der Waals surface area contributed by atoms with E-state index in [1.165, 1.54) is 28.6 Å². The number of ether oxygens (including phenoxy) is 1. The van der Waals surface area contributed by atoms with E-state index < -0.39 is 5.97 Å². The lowest BCUT2D eigenvalue weighted by Crippen LogP contribution is -2.11. The minimum atomic E-state index is -0.513. The number of esters is 1. The lowest BCUT2D eigenvalue weighted by molar-refractivity contribution is 0.0491. The van der Waals surface area contributed by atoms with Crippen LogP contribution in [-0.2, 0) is 10.5 Å². The Labute approximate surface area is 169 Å². The fourth-order valence-corrected chi connectivity index (χ4v) is 3.80. The third-order valence-electron chi connectivity index (χ3n) is 4.27. The van der Waals surface area contributed by atoms with Crippen molar-refractivity contribution in [3.05, 3.63) is 65.7 Å². The number of aromatic nitrogens is 3. The van der Waals surface area contributed by atoms with Crippen LogP contribution in [0.25, 0.3) is 22.4 Å². The summed E-state index contributed by atoms with van der Waals surface area (Å²) in [6.45, 7) is 1.99. The van der Waals surface area contributed by atoms with Crippen LogP contribution in [0.2, 0.25) is 0 Å². The van der Waals surface area contributed by atoms with Crippen LogP contribution in [0.15, 0.2) is 58.1 Å². The van der Waals surface area contributed by atoms with Crippen molar-refractivity contribution in [2.75, 3.05) is 12.4 Å². The van der Waals surface area contributed by atoms with E-state index in [0.29, 0.717) is 33.4 Å². The molecule has 7 nitrogen and oxygen atoms in total. The van der Waals surface area contributed by atoms with E-state index in [4.69, 9.17) is 15.0 Å².